The van der Waals surface area contributed by atoms with E-state index in [0.29, 0.717) is 0 Å². The second-order valence-electron chi connectivity index (χ2n) is 6.97. The number of pyridine rings is 1. The van der Waals surface area contributed by atoms with E-state index in [1.54, 1.807) is 0 Å². The Morgan fingerprint density at radius 3 is 2.32 bits per heavy atom. The minimum absolute atomic E-state index is 0.00192. The van der Waals surface area contributed by atoms with Crippen molar-refractivity contribution < 1.29 is 39.9 Å². The first-order chi connectivity index (χ1) is 14.3. The summed E-state index contributed by atoms with van der Waals surface area (Å²) in [6, 6.07) is 4.49. The normalized spacial score (nSPS) is 16.4. The van der Waals surface area contributed by atoms with Gasteiger partial charge in [0, 0.05) is 25.6 Å². The number of amides is 1. The maximum Gasteiger partial charge on any atom is 0.573 e. The molecule has 0 aliphatic heterocycles. The van der Waals surface area contributed by atoms with Crippen LogP contribution in [0.1, 0.15) is 23.3 Å². The first-order valence-corrected chi connectivity index (χ1v) is 10.3. The van der Waals surface area contributed by atoms with Gasteiger partial charge in [-0.25, -0.2) is 22.2 Å². The van der Waals surface area contributed by atoms with Gasteiger partial charge in [0.25, 0.3) is 5.91 Å². The van der Waals surface area contributed by atoms with Crippen LogP contribution in [0.25, 0.3) is 0 Å². The van der Waals surface area contributed by atoms with E-state index >= 15 is 0 Å². The van der Waals surface area contributed by atoms with E-state index in [9.17, 15) is 35.2 Å². The molecule has 1 aromatic heterocycles. The molecule has 1 amide bonds. The average molecular weight is 465 g/mol. The molecule has 7 nitrogen and oxygen atoms in total. The smallest absolute Gasteiger partial charge is 0.406 e. The summed E-state index contributed by atoms with van der Waals surface area (Å²) in [6.07, 6.45) is -4.72. The fraction of sp³-hybridized carbons (Fsp3) is 0.333. The highest BCUT2D eigenvalue weighted by Gasteiger charge is 2.45. The van der Waals surface area contributed by atoms with Gasteiger partial charge in [-0.1, -0.05) is 0 Å². The summed E-state index contributed by atoms with van der Waals surface area (Å²) in [7, 11) is -4.19. The second-order valence-corrected chi connectivity index (χ2v) is 8.92. The number of hydrogen-bond donors (Lipinski definition) is 2. The molecule has 3 N–H and O–H groups in total. The molecule has 31 heavy (non-hydrogen) atoms. The summed E-state index contributed by atoms with van der Waals surface area (Å²) in [6.45, 7) is 0.00192. The Hall–Kier alpha value is -2.96. The second kappa shape index (κ2) is 7.94. The van der Waals surface area contributed by atoms with E-state index in [4.69, 9.17) is 5.73 Å². The lowest BCUT2D eigenvalue weighted by molar-refractivity contribution is -0.274. The lowest BCUT2D eigenvalue weighted by Crippen LogP contribution is -2.42. The number of aromatic nitrogens is 1. The Bertz CT molecular complexity index is 1080. The Labute approximate surface area is 173 Å². The molecule has 1 saturated carbocycles. The van der Waals surface area contributed by atoms with Crippen molar-refractivity contribution in [3.8, 4) is 5.75 Å². The first kappa shape index (κ1) is 22.7. The lowest BCUT2D eigenvalue weighted by atomic mass is 9.81. The van der Waals surface area contributed by atoms with Crippen LogP contribution in [0.4, 0.5) is 27.6 Å². The van der Waals surface area contributed by atoms with Gasteiger partial charge in [-0.2, -0.15) is 0 Å². The predicted molar refractivity (Wildman–Crippen MR) is 97.2 cm³/mol. The van der Waals surface area contributed by atoms with Gasteiger partial charge in [0.15, 0.2) is 5.69 Å². The molecule has 1 aliphatic carbocycles. The SMILES string of the molecule is Nc1cc(S(=O)(=O)c2ccc(OC(F)(F)F)cc2)cnc1C(=O)NCC1CC(F)(F)C1. The monoisotopic (exact) mass is 465 g/mol. The highest BCUT2D eigenvalue weighted by atomic mass is 32.2. The third-order valence-corrected chi connectivity index (χ3v) is 6.25. The molecule has 0 bridgehead atoms. The Balaban J connectivity index is 1.71. The van der Waals surface area contributed by atoms with Crippen molar-refractivity contribution in [3.63, 3.8) is 0 Å². The first-order valence-electron chi connectivity index (χ1n) is 8.79. The summed E-state index contributed by atoms with van der Waals surface area (Å²) in [5.41, 5.74) is 5.19. The Morgan fingerprint density at radius 2 is 1.81 bits per heavy atom. The van der Waals surface area contributed by atoms with E-state index in [1.807, 2.05) is 0 Å². The number of benzene rings is 1. The largest absolute Gasteiger partial charge is 0.573 e. The number of anilines is 1. The number of sulfone groups is 1. The van der Waals surface area contributed by atoms with E-state index in [2.05, 4.69) is 15.0 Å². The Kier molecular flexibility index (Phi) is 5.82. The summed E-state index contributed by atoms with van der Waals surface area (Å²) >= 11 is 0. The number of rotatable bonds is 6. The van der Waals surface area contributed by atoms with E-state index < -0.39 is 33.8 Å². The number of ether oxygens (including phenoxy) is 1. The van der Waals surface area contributed by atoms with Gasteiger partial charge in [-0.3, -0.25) is 4.79 Å². The maximum atomic E-state index is 12.8. The third kappa shape index (κ3) is 5.40. The molecule has 0 atom stereocenters. The molecular weight excluding hydrogens is 449 g/mol. The molecule has 1 heterocycles. The molecule has 168 valence electrons. The maximum absolute atomic E-state index is 12.8. The number of nitrogens with zero attached hydrogens (tertiary/aromatic N) is 1. The topological polar surface area (TPSA) is 111 Å². The fourth-order valence-electron chi connectivity index (χ4n) is 3.00. The molecule has 13 heteroatoms. The van der Waals surface area contributed by atoms with Crippen molar-refractivity contribution in [1.82, 2.24) is 10.3 Å². The van der Waals surface area contributed by atoms with Gasteiger partial charge >= 0.3 is 6.36 Å². The number of nitrogens with one attached hydrogen (secondary N) is 1. The zero-order valence-corrected chi connectivity index (χ0v) is 16.4. The van der Waals surface area contributed by atoms with Crippen LogP contribution < -0.4 is 15.8 Å². The molecule has 0 spiro atoms. The molecule has 0 radical (unpaired) electrons. The van der Waals surface area contributed by atoms with Crippen molar-refractivity contribution in [1.29, 1.82) is 0 Å². The van der Waals surface area contributed by atoms with Gasteiger partial charge < -0.3 is 15.8 Å². The number of alkyl halides is 5. The van der Waals surface area contributed by atoms with Crippen LogP contribution in [0.3, 0.4) is 0 Å². The minimum atomic E-state index is -4.92. The zero-order valence-electron chi connectivity index (χ0n) is 15.6. The lowest BCUT2D eigenvalue weighted by Gasteiger charge is -2.34. The molecule has 1 aromatic carbocycles. The quantitative estimate of drug-likeness (QED) is 0.634. The number of carbonyl (C=O) groups is 1. The third-order valence-electron chi connectivity index (χ3n) is 4.51. The van der Waals surface area contributed by atoms with Crippen LogP contribution in [-0.4, -0.2) is 38.1 Å². The van der Waals surface area contributed by atoms with E-state index in [1.165, 1.54) is 0 Å². The zero-order chi connectivity index (χ0) is 23.0. The van der Waals surface area contributed by atoms with Gasteiger partial charge in [-0.15, -0.1) is 13.2 Å². The summed E-state index contributed by atoms with van der Waals surface area (Å²) in [5, 5.41) is 2.42. The highest BCUT2D eigenvalue weighted by molar-refractivity contribution is 7.91. The van der Waals surface area contributed by atoms with Crippen LogP contribution in [-0.2, 0) is 9.84 Å². The van der Waals surface area contributed by atoms with Gasteiger partial charge in [0.2, 0.25) is 15.8 Å². The number of nitrogens with two attached hydrogens (primary N) is 1. The predicted octanol–water partition coefficient (Wildman–Crippen LogP) is 3.17. The molecule has 1 aliphatic rings. The van der Waals surface area contributed by atoms with Crippen LogP contribution in [0, 0.1) is 5.92 Å². The molecular formula is C18H16F5N3O4S. The minimum Gasteiger partial charge on any atom is -0.406 e. The summed E-state index contributed by atoms with van der Waals surface area (Å²) in [5.74, 6) is -4.44. The van der Waals surface area contributed by atoms with Crippen molar-refractivity contribution in [2.45, 2.75) is 34.9 Å². The van der Waals surface area contributed by atoms with E-state index in [0.717, 1.165) is 36.5 Å². The van der Waals surface area contributed by atoms with Crippen LogP contribution >= 0.6 is 0 Å². The number of carbonyl (C=O) groups excluding carboxylic acids is 1. The molecule has 0 unspecified atom stereocenters. The standard InChI is InChI=1S/C18H16F5N3O4S/c19-17(20)6-10(7-17)8-26-16(27)15-14(24)5-13(9-25-15)31(28,29)12-3-1-11(2-4-12)30-18(21,22)23/h1-5,9-10H,6-8,24H2,(H,26,27). The van der Waals surface area contributed by atoms with Crippen LogP contribution in [0.2, 0.25) is 0 Å². The van der Waals surface area contributed by atoms with Crippen LogP contribution in [0.5, 0.6) is 5.75 Å². The molecule has 0 saturated heterocycles. The molecule has 3 rings (SSSR count). The summed E-state index contributed by atoms with van der Waals surface area (Å²) in [4.78, 5) is 15.2. The highest BCUT2D eigenvalue weighted by Crippen LogP contribution is 2.41. The van der Waals surface area contributed by atoms with E-state index in [-0.39, 0.29) is 46.5 Å². The number of nitrogen functional groups attached to an aromatic ring is 1. The molecule has 2 aromatic rings. The van der Waals surface area contributed by atoms with Gasteiger partial charge in [0.1, 0.15) is 5.75 Å². The summed E-state index contributed by atoms with van der Waals surface area (Å²) < 4.78 is 91.3. The number of hydrogen-bond acceptors (Lipinski definition) is 6. The van der Waals surface area contributed by atoms with Gasteiger partial charge in [0.05, 0.1) is 15.5 Å². The fourth-order valence-corrected chi connectivity index (χ4v) is 4.24. The van der Waals surface area contributed by atoms with Gasteiger partial charge in [-0.05, 0) is 36.2 Å². The van der Waals surface area contributed by atoms with Crippen molar-refractivity contribution in [2.75, 3.05) is 12.3 Å². The van der Waals surface area contributed by atoms with Crippen molar-refractivity contribution in [3.05, 3.63) is 42.2 Å². The van der Waals surface area contributed by atoms with Crippen LogP contribution in [0.15, 0.2) is 46.3 Å². The van der Waals surface area contributed by atoms with Crippen molar-refractivity contribution >= 4 is 21.4 Å². The van der Waals surface area contributed by atoms with Crippen molar-refractivity contribution in [2.24, 2.45) is 5.92 Å². The molecule has 1 fully saturated rings. The average Bonchev–Trinajstić information content (AvgIpc) is 2.63. The number of halogens is 5. The Morgan fingerprint density at radius 1 is 1.19 bits per heavy atom.